The van der Waals surface area contributed by atoms with Gasteiger partial charge in [0.05, 0.1) is 18.6 Å². The third-order valence-corrected chi connectivity index (χ3v) is 32.9. The van der Waals surface area contributed by atoms with Gasteiger partial charge in [0.25, 0.3) is 0 Å². The molecule has 0 aromatic carbocycles. The summed E-state index contributed by atoms with van der Waals surface area (Å²) < 4.78 is 52.2. The van der Waals surface area contributed by atoms with Crippen LogP contribution in [0.25, 0.3) is 0 Å². The second kappa shape index (κ2) is 96.4. The molecule has 0 spiro atoms. The van der Waals surface area contributed by atoms with Crippen molar-refractivity contribution in [3.63, 3.8) is 0 Å². The van der Waals surface area contributed by atoms with E-state index >= 15 is 9.59 Å². The molecule has 17 nitrogen and oxygen atoms in total. The van der Waals surface area contributed by atoms with Crippen molar-refractivity contribution < 1.29 is 82.3 Å². The first-order valence-electron chi connectivity index (χ1n) is 64.8. The molecule has 2 aliphatic rings. The average Bonchev–Trinajstić information content (AvgIpc) is 0.768. The minimum absolute atomic E-state index is 0.0300. The lowest BCUT2D eigenvalue weighted by molar-refractivity contribution is -0.377. The zero-order chi connectivity index (χ0) is 109. The third kappa shape index (κ3) is 74.3. The Hall–Kier alpha value is -3.71. The lowest BCUT2D eigenvalue weighted by Crippen LogP contribution is -2.66. The summed E-state index contributed by atoms with van der Waals surface area (Å²) in [7, 11) is 0. The van der Waals surface area contributed by atoms with E-state index in [0.717, 1.165) is 109 Å². The molecule has 4 N–H and O–H groups in total. The predicted octanol–water partition coefficient (Wildman–Crippen LogP) is 37.4. The van der Waals surface area contributed by atoms with Crippen molar-refractivity contribution in [3.8, 4) is 0 Å². The third-order valence-electron chi connectivity index (χ3n) is 32.9. The Bertz CT molecular complexity index is 3210. The monoisotopic (exact) mass is 2100 g/mol. The summed E-state index contributed by atoms with van der Waals surface area (Å²) in [5, 5.41) is 49.6. The number of esters is 5. The molecule has 0 aliphatic carbocycles. The molecule has 4 unspecified atom stereocenters. The number of carbonyl (C=O) groups excluding carboxylic acids is 5. The molecule has 17 heteroatoms. The molecule has 2 heterocycles. The molecule has 2 rings (SSSR count). The van der Waals surface area contributed by atoms with E-state index in [1.165, 1.54) is 398 Å². The van der Waals surface area contributed by atoms with Crippen molar-refractivity contribution in [2.24, 2.45) is 53.3 Å². The molecule has 2 saturated heterocycles. The molecule has 20 atom stereocenters. The average molecular weight is 2110 g/mol. The molecule has 149 heavy (non-hydrogen) atoms. The SMILES string of the molecule is CCCCCCCCCCCCCCCCCC[C@H](C)C[C@H](C)/C=C(\C)C(=O)OCC1O[C@H](O[C@H]2OC(CO)[C@@H](OC(=O)[C@@H](C)[C@@H](O)[C@@H](C)C[C@@H](C)CCCCCCCCCCCCCCCCCC)C(O)[C@@H]2OC(=O)/C(C)=C/[C@@H](C)C[C@@H](C)CCCCCCCCCCCCCCCC)[C@H](OC(=O)CCCCCCCCCCCCCCC)C(OC(=O)/C(C)=C/[C@@H](C)C[C@@H](C)CCCCCCCCCCCCCCCC)[C@@H]1O. The Kier molecular flexibility index (Phi) is 91.5. The molecule has 876 valence electrons. The summed E-state index contributed by atoms with van der Waals surface area (Å²) in [5.74, 6) is -3.98. The van der Waals surface area contributed by atoms with Gasteiger partial charge in [-0.05, 0) is 107 Å². The second-order valence-corrected chi connectivity index (χ2v) is 48.6. The standard InChI is InChI=1S/C132H246O17/c1-18-23-28-33-38-43-48-53-57-59-64-68-73-76-81-86-91-105(6)96-109(10)100-113(14)127(138)142-104-118-121(136)124(147-128(139)114(15)101-110(11)97-106(7)92-87-82-77-71-66-62-55-50-45-40-35-30-25-20-3)126(145-119(134)95-90-85-80-75-70-61-52-47-42-37-32-27-22-5)132(144-118)149-131-125(148-129(140)115(16)102-111(12)98-107(8)93-88-83-78-72-67-63-56-51-46-41-36-31-26-21-4)122(137)123(117(103-133)143-131)146-130(141)116(17)120(135)112(13)99-108(9)94-89-84-79-74-69-65-60-58-54-49-44-39-34-29-24-19-2/h100-102,105-112,116-118,120-126,131-133,135-137H,18-99,103-104H2,1-17H3/b113-100+,114-101+,115-102+/t105-,106-,107-,108-,109-,110-,111-,112-,116-,117?,118?,120-,121+,122?,123+,124?,125-,126+,131+,132+/m0/s1. The number of carbonyl (C=O) groups is 5. The molecule has 0 bridgehead atoms. The molecule has 0 aromatic rings. The van der Waals surface area contributed by atoms with Crippen LogP contribution >= 0.6 is 0 Å². The van der Waals surface area contributed by atoms with Gasteiger partial charge in [0.1, 0.15) is 31.0 Å². The summed E-state index contributed by atoms with van der Waals surface area (Å²) in [4.78, 5) is 74.3. The molecule has 0 saturated carbocycles. The van der Waals surface area contributed by atoms with Gasteiger partial charge in [-0.1, -0.05) is 596 Å². The Morgan fingerprint density at radius 3 is 0.819 bits per heavy atom. The number of ether oxygens (including phenoxy) is 8. The first-order chi connectivity index (χ1) is 72.2. The van der Waals surface area contributed by atoms with Crippen molar-refractivity contribution in [1.29, 1.82) is 0 Å². The van der Waals surface area contributed by atoms with Crippen molar-refractivity contribution in [2.75, 3.05) is 13.2 Å². The van der Waals surface area contributed by atoms with Crippen LogP contribution in [0.3, 0.4) is 0 Å². The quantitative estimate of drug-likeness (QED) is 0.0192. The first kappa shape index (κ1) is 141. The van der Waals surface area contributed by atoms with Gasteiger partial charge < -0.3 is 58.3 Å². The summed E-state index contributed by atoms with van der Waals surface area (Å²) in [5.41, 5.74) is 0.836. The number of unbranched alkanes of at least 4 members (excludes halogenated alkanes) is 68. The van der Waals surface area contributed by atoms with E-state index in [4.69, 9.17) is 37.9 Å². The highest BCUT2D eigenvalue weighted by atomic mass is 16.8. The van der Waals surface area contributed by atoms with Gasteiger partial charge >= 0.3 is 29.8 Å². The van der Waals surface area contributed by atoms with E-state index in [-0.39, 0.29) is 47.2 Å². The van der Waals surface area contributed by atoms with E-state index in [1.807, 2.05) is 25.2 Å². The molecular weight excluding hydrogens is 1860 g/mol. The fourth-order valence-corrected chi connectivity index (χ4v) is 23.3. The van der Waals surface area contributed by atoms with E-state index < -0.39 is 116 Å². The zero-order valence-electron chi connectivity index (χ0n) is 101. The van der Waals surface area contributed by atoms with Gasteiger partial charge in [-0.3, -0.25) is 9.59 Å². The summed E-state index contributed by atoms with van der Waals surface area (Å²) >= 11 is 0. The van der Waals surface area contributed by atoms with Crippen LogP contribution in [0.1, 0.15) is 644 Å². The topological polar surface area (TPSA) is 240 Å². The molecule has 0 radical (unpaired) electrons. The van der Waals surface area contributed by atoms with Gasteiger partial charge in [-0.2, -0.15) is 0 Å². The highest BCUT2D eigenvalue weighted by Crippen LogP contribution is 2.38. The highest BCUT2D eigenvalue weighted by molar-refractivity contribution is 5.89. The van der Waals surface area contributed by atoms with Crippen LogP contribution < -0.4 is 0 Å². The summed E-state index contributed by atoms with van der Waals surface area (Å²) in [6.07, 6.45) is 86.4. The fraction of sp³-hybridized carbons (Fsp3) is 0.917. The number of aliphatic hydroxyl groups excluding tert-OH is 4. The largest absolute Gasteiger partial charge is 0.459 e. The summed E-state index contributed by atoms with van der Waals surface area (Å²) in [6.45, 7) is 33.7. The van der Waals surface area contributed by atoms with Crippen LogP contribution in [-0.2, 0) is 61.9 Å². The van der Waals surface area contributed by atoms with Crippen LogP contribution in [-0.4, -0.2) is 131 Å². The van der Waals surface area contributed by atoms with Crippen molar-refractivity contribution in [1.82, 2.24) is 0 Å². The molecular formula is C132H246O17. The zero-order valence-corrected chi connectivity index (χ0v) is 101. The van der Waals surface area contributed by atoms with Gasteiger partial charge in [0, 0.05) is 23.1 Å². The molecule has 2 aliphatic heterocycles. The number of rotatable bonds is 104. The van der Waals surface area contributed by atoms with Crippen LogP contribution in [0.5, 0.6) is 0 Å². The number of hydrogen-bond donors (Lipinski definition) is 4. The minimum Gasteiger partial charge on any atom is -0.459 e. The minimum atomic E-state index is -1.98. The Labute approximate surface area is 919 Å². The van der Waals surface area contributed by atoms with Gasteiger partial charge in [-0.25, -0.2) is 14.4 Å². The van der Waals surface area contributed by atoms with E-state index in [1.54, 1.807) is 27.7 Å². The van der Waals surface area contributed by atoms with Gasteiger partial charge in [0.15, 0.2) is 24.4 Å². The van der Waals surface area contributed by atoms with Gasteiger partial charge in [0.2, 0.25) is 12.6 Å². The van der Waals surface area contributed by atoms with Gasteiger partial charge in [-0.15, -0.1) is 0 Å². The summed E-state index contributed by atoms with van der Waals surface area (Å²) in [6, 6.07) is 0. The maximum absolute atomic E-state index is 15.1. The first-order valence-corrected chi connectivity index (χ1v) is 64.8. The lowest BCUT2D eigenvalue weighted by Gasteiger charge is -2.47. The maximum atomic E-state index is 15.1. The van der Waals surface area contributed by atoms with Crippen LogP contribution in [0.15, 0.2) is 34.9 Å². The fourth-order valence-electron chi connectivity index (χ4n) is 23.3. The van der Waals surface area contributed by atoms with Crippen molar-refractivity contribution in [2.45, 2.75) is 712 Å². The molecule has 2 fully saturated rings. The van der Waals surface area contributed by atoms with Crippen LogP contribution in [0.2, 0.25) is 0 Å². The maximum Gasteiger partial charge on any atom is 0.333 e. The molecule has 0 aromatic heterocycles. The second-order valence-electron chi connectivity index (χ2n) is 48.6. The Balaban J connectivity index is 2.70. The normalized spacial score (nSPS) is 20.4. The smallest absolute Gasteiger partial charge is 0.333 e. The molecule has 0 amide bonds. The van der Waals surface area contributed by atoms with Crippen LogP contribution in [0.4, 0.5) is 0 Å². The highest BCUT2D eigenvalue weighted by Gasteiger charge is 2.56. The Morgan fingerprint density at radius 2 is 0.530 bits per heavy atom. The number of allylic oxidation sites excluding steroid dienone is 3. The van der Waals surface area contributed by atoms with Crippen molar-refractivity contribution in [3.05, 3.63) is 34.9 Å². The van der Waals surface area contributed by atoms with Crippen LogP contribution in [0, 0.1) is 53.3 Å². The number of hydrogen-bond acceptors (Lipinski definition) is 17. The van der Waals surface area contributed by atoms with E-state index in [2.05, 4.69) is 83.1 Å². The van der Waals surface area contributed by atoms with E-state index in [9.17, 15) is 34.8 Å². The lowest BCUT2D eigenvalue weighted by atomic mass is 9.85. The van der Waals surface area contributed by atoms with Crippen molar-refractivity contribution >= 4 is 29.8 Å². The predicted molar refractivity (Wildman–Crippen MR) is 625 cm³/mol. The number of aliphatic hydroxyl groups is 4. The Morgan fingerprint density at radius 1 is 0.282 bits per heavy atom. The van der Waals surface area contributed by atoms with E-state index in [0.29, 0.717) is 36.2 Å².